The van der Waals surface area contributed by atoms with Gasteiger partial charge in [0.05, 0.1) is 18.4 Å². The first-order valence-electron chi connectivity index (χ1n) is 18.5. The molecule has 0 bridgehead atoms. The Morgan fingerprint density at radius 3 is 2.33 bits per heavy atom. The highest BCUT2D eigenvalue weighted by molar-refractivity contribution is 5.75. The van der Waals surface area contributed by atoms with E-state index in [1.165, 1.54) is 39.0 Å². The smallest absolute Gasteiger partial charge is 0.0971 e. The average molecular weight is 638 g/mol. The fraction of sp³-hybridized carbons (Fsp3) is 0.409. The molecular weight excluding hydrogens is 587 g/mol. The molecule has 0 radical (unpaired) electrons. The maximum absolute atomic E-state index is 11.6. The number of hydrogen-bond donors (Lipinski definition) is 4. The standard InChI is InChI=1S/C44H51N3O/c1-27(2)43(48)42-36-19-9-7-17-34(36)41(35-18-8-10-20-37(35)42)38-24-22-32(28-13-3-5-15-30(28)38)33-23-25-39(31-16-6-4-14-29(31)33)44(45)47-40-21-11-12-26-46-40/h3-4,6-7,10-14,16-17,20-23,25-27,29,31,33,38-40,43-44,46-48H,5,8-9,15,18-19,24,45H2,1-2H3. The minimum Gasteiger partial charge on any atom is -0.388 e. The minimum absolute atomic E-state index is 0.0419. The van der Waals surface area contributed by atoms with Crippen molar-refractivity contribution in [2.24, 2.45) is 35.3 Å². The number of nitrogens with one attached hydrogen (secondary N) is 2. The van der Waals surface area contributed by atoms with Crippen LogP contribution in [0.2, 0.25) is 0 Å². The largest absolute Gasteiger partial charge is 0.388 e. The van der Waals surface area contributed by atoms with Crippen molar-refractivity contribution in [2.45, 2.75) is 83.1 Å². The van der Waals surface area contributed by atoms with Gasteiger partial charge in [-0.1, -0.05) is 104 Å². The maximum Gasteiger partial charge on any atom is 0.0971 e. The van der Waals surface area contributed by atoms with Crippen molar-refractivity contribution in [1.82, 2.24) is 10.6 Å². The van der Waals surface area contributed by atoms with E-state index in [4.69, 9.17) is 5.73 Å². The molecule has 4 heteroatoms. The summed E-state index contributed by atoms with van der Waals surface area (Å²) in [5.41, 5.74) is 19.8. The first kappa shape index (κ1) is 31.6. The third kappa shape index (κ3) is 5.52. The molecule has 7 aliphatic rings. The number of fused-ring (bicyclic) bond motifs is 3. The lowest BCUT2D eigenvalue weighted by atomic mass is 9.62. The molecule has 5 N–H and O–H groups in total. The van der Waals surface area contributed by atoms with Crippen molar-refractivity contribution in [3.8, 4) is 0 Å². The molecule has 48 heavy (non-hydrogen) atoms. The Hall–Kier alpha value is -3.70. The molecule has 8 unspecified atom stereocenters. The topological polar surface area (TPSA) is 70.3 Å². The third-order valence-electron chi connectivity index (χ3n) is 11.9. The fourth-order valence-corrected chi connectivity index (χ4v) is 9.64. The van der Waals surface area contributed by atoms with Gasteiger partial charge in [-0.05, 0) is 126 Å². The van der Waals surface area contributed by atoms with Crippen LogP contribution in [0.15, 0.2) is 108 Å². The van der Waals surface area contributed by atoms with E-state index in [1.54, 1.807) is 11.1 Å². The summed E-state index contributed by atoms with van der Waals surface area (Å²) < 4.78 is 0. The number of dihydropyridines is 1. The van der Waals surface area contributed by atoms with E-state index in [2.05, 4.69) is 116 Å². The van der Waals surface area contributed by atoms with Crippen molar-refractivity contribution in [3.63, 3.8) is 0 Å². The Morgan fingerprint density at radius 1 is 0.812 bits per heavy atom. The van der Waals surface area contributed by atoms with Crippen LogP contribution in [0, 0.1) is 29.6 Å². The highest BCUT2D eigenvalue weighted by Gasteiger charge is 2.41. The van der Waals surface area contributed by atoms with Crippen LogP contribution in [-0.4, -0.2) is 17.4 Å². The predicted molar refractivity (Wildman–Crippen MR) is 199 cm³/mol. The zero-order valence-corrected chi connectivity index (χ0v) is 28.5. The molecule has 0 fully saturated rings. The Balaban J connectivity index is 1.17. The van der Waals surface area contributed by atoms with Gasteiger partial charge < -0.3 is 16.2 Å². The zero-order valence-electron chi connectivity index (χ0n) is 28.5. The van der Waals surface area contributed by atoms with Crippen molar-refractivity contribution in [3.05, 3.63) is 141 Å². The quantitative estimate of drug-likeness (QED) is 0.179. The summed E-state index contributed by atoms with van der Waals surface area (Å²) in [6.07, 6.45) is 46.0. The monoisotopic (exact) mass is 637 g/mol. The van der Waals surface area contributed by atoms with Crippen LogP contribution in [-0.2, 0) is 12.8 Å². The van der Waals surface area contributed by atoms with Gasteiger partial charge in [-0.15, -0.1) is 0 Å². The molecule has 0 spiro atoms. The Kier molecular flexibility index (Phi) is 8.75. The second-order valence-electron chi connectivity index (χ2n) is 15.0. The van der Waals surface area contributed by atoms with Crippen LogP contribution in [0.3, 0.4) is 0 Å². The molecule has 1 aliphatic heterocycles. The number of benzene rings is 1. The molecule has 1 aromatic rings. The predicted octanol–water partition coefficient (Wildman–Crippen LogP) is 8.39. The first-order chi connectivity index (χ1) is 23.5. The highest BCUT2D eigenvalue weighted by atomic mass is 16.3. The second-order valence-corrected chi connectivity index (χ2v) is 15.0. The molecular formula is C44H51N3O. The van der Waals surface area contributed by atoms with Gasteiger partial charge in [0.25, 0.3) is 0 Å². The SMILES string of the molecule is CC(C)C(O)c1c2c(c(C3CC=C(C4C=CC(C(N)NC5C=CC=CN5)C5C=CC=CC45)C4=C3CCC=C4)c3c1CCC=C3)CCC=C2. The number of aliphatic hydroxyl groups excluding tert-OH is 1. The van der Waals surface area contributed by atoms with Gasteiger partial charge in [0, 0.05) is 17.8 Å². The van der Waals surface area contributed by atoms with E-state index in [-0.39, 0.29) is 24.2 Å². The third-order valence-corrected chi connectivity index (χ3v) is 11.9. The van der Waals surface area contributed by atoms with E-state index in [9.17, 15) is 5.11 Å². The van der Waals surface area contributed by atoms with Gasteiger partial charge in [0.2, 0.25) is 0 Å². The second kappa shape index (κ2) is 13.3. The maximum atomic E-state index is 11.6. The summed E-state index contributed by atoms with van der Waals surface area (Å²) in [5.74, 6) is 1.78. The van der Waals surface area contributed by atoms with Gasteiger partial charge in [-0.2, -0.15) is 0 Å². The summed E-state index contributed by atoms with van der Waals surface area (Å²) in [6, 6.07) is 0. The van der Waals surface area contributed by atoms with Gasteiger partial charge in [-0.3, -0.25) is 5.32 Å². The zero-order chi connectivity index (χ0) is 32.8. The van der Waals surface area contributed by atoms with Crippen LogP contribution >= 0.6 is 0 Å². The molecule has 0 saturated carbocycles. The summed E-state index contributed by atoms with van der Waals surface area (Å²) in [4.78, 5) is 0. The van der Waals surface area contributed by atoms with Crippen LogP contribution in [0.4, 0.5) is 0 Å². The molecule has 0 saturated heterocycles. The molecule has 6 aliphatic carbocycles. The van der Waals surface area contributed by atoms with Crippen LogP contribution in [0.5, 0.6) is 0 Å². The molecule has 0 amide bonds. The van der Waals surface area contributed by atoms with Gasteiger partial charge in [0.15, 0.2) is 0 Å². The average Bonchev–Trinajstić information content (AvgIpc) is 3.13. The van der Waals surface area contributed by atoms with Crippen LogP contribution in [0.25, 0.3) is 12.2 Å². The Labute approximate surface area is 287 Å². The summed E-state index contributed by atoms with van der Waals surface area (Å²) in [6.45, 7) is 4.30. The molecule has 4 nitrogen and oxygen atoms in total. The Bertz CT molecular complexity index is 1760. The summed E-state index contributed by atoms with van der Waals surface area (Å²) >= 11 is 0. The van der Waals surface area contributed by atoms with Crippen molar-refractivity contribution < 1.29 is 5.11 Å². The van der Waals surface area contributed by atoms with Gasteiger partial charge in [-0.25, -0.2) is 0 Å². The van der Waals surface area contributed by atoms with E-state index >= 15 is 0 Å². The minimum atomic E-state index is -0.441. The molecule has 8 atom stereocenters. The normalized spacial score (nSPS) is 30.8. The molecule has 1 aromatic carbocycles. The van der Waals surface area contributed by atoms with Crippen molar-refractivity contribution >= 4 is 12.2 Å². The number of aliphatic hydroxyl groups is 1. The lowest BCUT2D eigenvalue weighted by Crippen LogP contribution is -2.55. The Morgan fingerprint density at radius 2 is 1.54 bits per heavy atom. The van der Waals surface area contributed by atoms with E-state index in [0.29, 0.717) is 23.7 Å². The number of hydrogen-bond acceptors (Lipinski definition) is 4. The molecule has 248 valence electrons. The number of allylic oxidation sites excluding steroid dienone is 15. The lowest BCUT2D eigenvalue weighted by molar-refractivity contribution is 0.125. The van der Waals surface area contributed by atoms with Crippen molar-refractivity contribution in [2.75, 3.05) is 0 Å². The van der Waals surface area contributed by atoms with Crippen molar-refractivity contribution in [1.29, 1.82) is 0 Å². The first-order valence-corrected chi connectivity index (χ1v) is 18.5. The number of rotatable bonds is 7. The van der Waals surface area contributed by atoms with E-state index in [0.717, 1.165) is 44.9 Å². The molecule has 8 rings (SSSR count). The fourth-order valence-electron chi connectivity index (χ4n) is 9.64. The van der Waals surface area contributed by atoms with Crippen LogP contribution in [0.1, 0.15) is 91.4 Å². The van der Waals surface area contributed by atoms with E-state index < -0.39 is 6.10 Å². The van der Waals surface area contributed by atoms with Crippen LogP contribution < -0.4 is 16.4 Å². The van der Waals surface area contributed by atoms with Gasteiger partial charge >= 0.3 is 0 Å². The molecule has 1 heterocycles. The van der Waals surface area contributed by atoms with E-state index in [1.807, 2.05) is 12.3 Å². The number of nitrogens with two attached hydrogens (primary N) is 1. The lowest BCUT2D eigenvalue weighted by Gasteiger charge is -2.44. The molecule has 0 aromatic heterocycles. The summed E-state index contributed by atoms with van der Waals surface area (Å²) in [7, 11) is 0. The van der Waals surface area contributed by atoms with Gasteiger partial charge in [0.1, 0.15) is 0 Å². The summed E-state index contributed by atoms with van der Waals surface area (Å²) in [5, 5.41) is 18.6. The highest BCUT2D eigenvalue weighted by Crippen LogP contribution is 2.52.